The van der Waals surface area contributed by atoms with Crippen molar-refractivity contribution in [1.82, 2.24) is 0 Å². The van der Waals surface area contributed by atoms with Crippen molar-refractivity contribution in [3.63, 3.8) is 0 Å². The first-order chi connectivity index (χ1) is 9.49. The summed E-state index contributed by atoms with van der Waals surface area (Å²) in [6, 6.07) is 11.9. The van der Waals surface area contributed by atoms with Gasteiger partial charge < -0.3 is 15.4 Å². The molecule has 2 aromatic carbocycles. The van der Waals surface area contributed by atoms with E-state index < -0.39 is 6.04 Å². The van der Waals surface area contributed by atoms with Crippen LogP contribution in [0.4, 0.5) is 10.1 Å². The number of rotatable bonds is 4. The van der Waals surface area contributed by atoms with E-state index in [1.807, 2.05) is 43.3 Å². The zero-order valence-electron chi connectivity index (χ0n) is 11.9. The number of hydrogen-bond donors (Lipinski definition) is 1. The van der Waals surface area contributed by atoms with Crippen LogP contribution < -0.4 is 15.4 Å². The summed E-state index contributed by atoms with van der Waals surface area (Å²) < 4.78 is 19.6. The second kappa shape index (κ2) is 5.92. The molecule has 0 radical (unpaired) electrons. The molecular formula is C16H19FN2O. The highest BCUT2D eigenvalue weighted by atomic mass is 19.1. The molecule has 0 unspecified atom stereocenters. The van der Waals surface area contributed by atoms with E-state index in [1.165, 1.54) is 6.07 Å². The number of halogens is 1. The topological polar surface area (TPSA) is 38.5 Å². The summed E-state index contributed by atoms with van der Waals surface area (Å²) in [5.74, 6) is 0.765. The Balaban J connectivity index is 2.35. The van der Waals surface area contributed by atoms with Gasteiger partial charge in [-0.15, -0.1) is 0 Å². The fourth-order valence-corrected chi connectivity index (χ4v) is 2.00. The molecule has 2 rings (SSSR count). The van der Waals surface area contributed by atoms with Crippen molar-refractivity contribution < 1.29 is 9.13 Å². The molecule has 0 aliphatic rings. The summed E-state index contributed by atoms with van der Waals surface area (Å²) in [6.07, 6.45) is 0. The molecule has 1 atom stereocenters. The van der Waals surface area contributed by atoms with Crippen molar-refractivity contribution in [2.75, 3.05) is 19.0 Å². The predicted octanol–water partition coefficient (Wildman–Crippen LogP) is 3.70. The summed E-state index contributed by atoms with van der Waals surface area (Å²) in [7, 11) is 3.91. The molecule has 2 N–H and O–H groups in total. The Morgan fingerprint density at radius 3 is 2.50 bits per heavy atom. The Morgan fingerprint density at radius 1 is 1.15 bits per heavy atom. The molecule has 0 fully saturated rings. The number of ether oxygens (including phenoxy) is 1. The highest BCUT2D eigenvalue weighted by Gasteiger charge is 2.14. The van der Waals surface area contributed by atoms with Crippen LogP contribution in [0.25, 0.3) is 0 Å². The van der Waals surface area contributed by atoms with Crippen LogP contribution >= 0.6 is 0 Å². The van der Waals surface area contributed by atoms with Crippen LogP contribution in [0.15, 0.2) is 42.5 Å². The molecule has 106 valence electrons. The van der Waals surface area contributed by atoms with E-state index in [9.17, 15) is 4.39 Å². The first-order valence-electron chi connectivity index (χ1n) is 6.48. The molecule has 0 spiro atoms. The molecule has 4 heteroatoms. The molecule has 0 bridgehead atoms. The van der Waals surface area contributed by atoms with Crippen molar-refractivity contribution >= 4 is 5.69 Å². The molecule has 0 heterocycles. The van der Waals surface area contributed by atoms with Gasteiger partial charge in [-0.1, -0.05) is 12.1 Å². The molecule has 0 saturated carbocycles. The van der Waals surface area contributed by atoms with Crippen LogP contribution in [-0.4, -0.2) is 14.1 Å². The molecule has 0 aliphatic carbocycles. The van der Waals surface area contributed by atoms with E-state index >= 15 is 0 Å². The van der Waals surface area contributed by atoms with Crippen molar-refractivity contribution in [3.8, 4) is 11.5 Å². The van der Waals surface area contributed by atoms with Crippen molar-refractivity contribution in [3.05, 3.63) is 53.8 Å². The Labute approximate surface area is 118 Å². The second-order valence-corrected chi connectivity index (χ2v) is 4.93. The minimum absolute atomic E-state index is 0.346. The van der Waals surface area contributed by atoms with Gasteiger partial charge in [0.1, 0.15) is 17.3 Å². The third-order valence-corrected chi connectivity index (χ3v) is 3.03. The minimum atomic E-state index is -0.428. The predicted molar refractivity (Wildman–Crippen MR) is 79.8 cm³/mol. The smallest absolute Gasteiger partial charge is 0.135 e. The fourth-order valence-electron chi connectivity index (χ4n) is 2.00. The standard InChI is InChI=1S/C16H19FN2O/c1-11(18)16-14(17)8-5-9-15(16)20-13-7-4-6-12(10-13)19(2)3/h4-11H,18H2,1-3H3/t11-/m0/s1. The van der Waals surface area contributed by atoms with E-state index in [0.29, 0.717) is 17.1 Å². The molecule has 0 amide bonds. The summed E-state index contributed by atoms with van der Waals surface area (Å²) in [5, 5.41) is 0. The Kier molecular flexibility index (Phi) is 4.25. The highest BCUT2D eigenvalue weighted by Crippen LogP contribution is 2.31. The molecular weight excluding hydrogens is 255 g/mol. The zero-order chi connectivity index (χ0) is 14.7. The van der Waals surface area contributed by atoms with Gasteiger partial charge in [-0.3, -0.25) is 0 Å². The highest BCUT2D eigenvalue weighted by molar-refractivity contribution is 5.51. The second-order valence-electron chi connectivity index (χ2n) is 4.93. The van der Waals surface area contributed by atoms with Crippen LogP contribution in [-0.2, 0) is 0 Å². The van der Waals surface area contributed by atoms with E-state index in [-0.39, 0.29) is 5.82 Å². The number of nitrogens with two attached hydrogens (primary N) is 1. The fraction of sp³-hybridized carbons (Fsp3) is 0.250. The van der Waals surface area contributed by atoms with Gasteiger partial charge in [0, 0.05) is 37.5 Å². The van der Waals surface area contributed by atoms with Crippen LogP contribution in [0, 0.1) is 5.82 Å². The van der Waals surface area contributed by atoms with Gasteiger partial charge in [0.25, 0.3) is 0 Å². The Bertz CT molecular complexity index is 597. The molecule has 0 aromatic heterocycles. The quantitative estimate of drug-likeness (QED) is 0.923. The average molecular weight is 274 g/mol. The normalized spacial score (nSPS) is 12.1. The van der Waals surface area contributed by atoms with Crippen LogP contribution in [0.2, 0.25) is 0 Å². The van der Waals surface area contributed by atoms with Crippen molar-refractivity contribution in [2.24, 2.45) is 5.73 Å². The van der Waals surface area contributed by atoms with Crippen molar-refractivity contribution in [2.45, 2.75) is 13.0 Å². The molecule has 0 aliphatic heterocycles. The lowest BCUT2D eigenvalue weighted by Crippen LogP contribution is -2.10. The number of anilines is 1. The first-order valence-corrected chi connectivity index (χ1v) is 6.48. The Hall–Kier alpha value is -2.07. The summed E-state index contributed by atoms with van der Waals surface area (Å²) in [6.45, 7) is 1.74. The van der Waals surface area contributed by atoms with Crippen LogP contribution in [0.3, 0.4) is 0 Å². The molecule has 2 aromatic rings. The van der Waals surface area contributed by atoms with Gasteiger partial charge >= 0.3 is 0 Å². The van der Waals surface area contributed by atoms with Crippen LogP contribution in [0.1, 0.15) is 18.5 Å². The van der Waals surface area contributed by atoms with E-state index in [1.54, 1.807) is 19.1 Å². The maximum atomic E-state index is 13.8. The average Bonchev–Trinajstić information content (AvgIpc) is 2.38. The lowest BCUT2D eigenvalue weighted by Gasteiger charge is -2.17. The van der Waals surface area contributed by atoms with Gasteiger partial charge in [-0.2, -0.15) is 0 Å². The van der Waals surface area contributed by atoms with Gasteiger partial charge in [-0.25, -0.2) is 4.39 Å². The number of benzene rings is 2. The van der Waals surface area contributed by atoms with E-state index in [4.69, 9.17) is 10.5 Å². The van der Waals surface area contributed by atoms with Gasteiger partial charge in [0.05, 0.1) is 0 Å². The molecule has 3 nitrogen and oxygen atoms in total. The monoisotopic (exact) mass is 274 g/mol. The maximum Gasteiger partial charge on any atom is 0.135 e. The number of hydrogen-bond acceptors (Lipinski definition) is 3. The summed E-state index contributed by atoms with van der Waals surface area (Å²) in [5.41, 5.74) is 7.23. The first kappa shape index (κ1) is 14.3. The third kappa shape index (κ3) is 3.08. The van der Waals surface area contributed by atoms with E-state index in [0.717, 1.165) is 5.69 Å². The largest absolute Gasteiger partial charge is 0.457 e. The maximum absolute atomic E-state index is 13.8. The van der Waals surface area contributed by atoms with Gasteiger partial charge in [0.15, 0.2) is 0 Å². The van der Waals surface area contributed by atoms with E-state index in [2.05, 4.69) is 0 Å². The zero-order valence-corrected chi connectivity index (χ0v) is 11.9. The Morgan fingerprint density at radius 2 is 1.85 bits per heavy atom. The van der Waals surface area contributed by atoms with Crippen LogP contribution in [0.5, 0.6) is 11.5 Å². The lowest BCUT2D eigenvalue weighted by molar-refractivity contribution is 0.461. The van der Waals surface area contributed by atoms with Gasteiger partial charge in [-0.05, 0) is 31.2 Å². The SMILES string of the molecule is C[C@H](N)c1c(F)cccc1Oc1cccc(N(C)C)c1. The minimum Gasteiger partial charge on any atom is -0.457 e. The van der Waals surface area contributed by atoms with Crippen molar-refractivity contribution in [1.29, 1.82) is 0 Å². The lowest BCUT2D eigenvalue weighted by atomic mass is 10.1. The molecule has 20 heavy (non-hydrogen) atoms. The number of nitrogens with zero attached hydrogens (tertiary/aromatic N) is 1. The summed E-state index contributed by atoms with van der Waals surface area (Å²) >= 11 is 0. The third-order valence-electron chi connectivity index (χ3n) is 3.03. The van der Waals surface area contributed by atoms with Gasteiger partial charge in [0.2, 0.25) is 0 Å². The molecule has 0 saturated heterocycles. The summed E-state index contributed by atoms with van der Waals surface area (Å²) in [4.78, 5) is 1.98.